The topological polar surface area (TPSA) is 21.3 Å². The molecule has 96 valence electrons. The maximum absolute atomic E-state index is 5.02. The van der Waals surface area contributed by atoms with Crippen LogP contribution in [0.25, 0.3) is 0 Å². The highest BCUT2D eigenvalue weighted by atomic mass is 16.5. The number of aryl methyl sites for hydroxylation is 1. The fraction of sp³-hybridized carbons (Fsp3) is 0.600. The van der Waals surface area contributed by atoms with Gasteiger partial charge in [0, 0.05) is 20.2 Å². The monoisotopic (exact) mass is 235 g/mol. The zero-order valence-corrected chi connectivity index (χ0v) is 11.3. The number of nitrogens with one attached hydrogen (secondary N) is 1. The van der Waals surface area contributed by atoms with E-state index in [0.29, 0.717) is 5.41 Å². The summed E-state index contributed by atoms with van der Waals surface area (Å²) in [7, 11) is 1.74. The van der Waals surface area contributed by atoms with E-state index >= 15 is 0 Å². The van der Waals surface area contributed by atoms with Crippen LogP contribution in [0.2, 0.25) is 0 Å². The van der Waals surface area contributed by atoms with Crippen LogP contribution in [-0.2, 0) is 11.2 Å². The van der Waals surface area contributed by atoms with E-state index in [-0.39, 0.29) is 0 Å². The lowest BCUT2D eigenvalue weighted by Gasteiger charge is -2.25. The van der Waals surface area contributed by atoms with E-state index in [2.05, 4.69) is 49.5 Å². The van der Waals surface area contributed by atoms with Gasteiger partial charge in [-0.25, -0.2) is 0 Å². The Morgan fingerprint density at radius 1 is 1.18 bits per heavy atom. The molecule has 0 bridgehead atoms. The second-order valence-corrected chi connectivity index (χ2v) is 5.32. The molecule has 0 radical (unpaired) electrons. The van der Waals surface area contributed by atoms with Crippen LogP contribution in [0.3, 0.4) is 0 Å². The molecule has 0 saturated carbocycles. The molecule has 0 aliphatic rings. The zero-order valence-electron chi connectivity index (χ0n) is 11.3. The highest BCUT2D eigenvalue weighted by Crippen LogP contribution is 2.21. The number of benzene rings is 1. The lowest BCUT2D eigenvalue weighted by atomic mass is 9.86. The minimum Gasteiger partial charge on any atom is -0.383 e. The Kier molecular flexibility index (Phi) is 6.23. The predicted octanol–water partition coefficient (Wildman–Crippen LogP) is 2.88. The molecule has 1 aromatic rings. The molecule has 1 N–H and O–H groups in total. The maximum Gasteiger partial charge on any atom is 0.0587 e. The third kappa shape index (κ3) is 6.44. The smallest absolute Gasteiger partial charge is 0.0587 e. The summed E-state index contributed by atoms with van der Waals surface area (Å²) in [4.78, 5) is 0. The van der Waals surface area contributed by atoms with Gasteiger partial charge in [0.1, 0.15) is 0 Å². The molecular formula is C15H25NO. The Morgan fingerprint density at radius 3 is 2.53 bits per heavy atom. The van der Waals surface area contributed by atoms with Gasteiger partial charge in [-0.2, -0.15) is 0 Å². The molecular weight excluding hydrogens is 210 g/mol. The molecule has 17 heavy (non-hydrogen) atoms. The number of hydrogen-bond donors (Lipinski definition) is 1. The first-order chi connectivity index (χ1) is 8.14. The van der Waals surface area contributed by atoms with Crippen LogP contribution in [0.5, 0.6) is 0 Å². The summed E-state index contributed by atoms with van der Waals surface area (Å²) < 4.78 is 5.02. The Morgan fingerprint density at radius 2 is 1.88 bits per heavy atom. The average molecular weight is 235 g/mol. The molecule has 0 aliphatic carbocycles. The summed E-state index contributed by atoms with van der Waals surface area (Å²) in [6, 6.07) is 10.7. The van der Waals surface area contributed by atoms with E-state index in [9.17, 15) is 0 Å². The predicted molar refractivity (Wildman–Crippen MR) is 73.3 cm³/mol. The largest absolute Gasteiger partial charge is 0.383 e. The van der Waals surface area contributed by atoms with Gasteiger partial charge in [-0.15, -0.1) is 0 Å². The van der Waals surface area contributed by atoms with Crippen LogP contribution in [-0.4, -0.2) is 26.8 Å². The van der Waals surface area contributed by atoms with Gasteiger partial charge < -0.3 is 10.1 Å². The third-order valence-corrected chi connectivity index (χ3v) is 3.02. The first-order valence-corrected chi connectivity index (χ1v) is 6.38. The van der Waals surface area contributed by atoms with Crippen molar-refractivity contribution >= 4 is 0 Å². The second-order valence-electron chi connectivity index (χ2n) is 5.32. The van der Waals surface area contributed by atoms with Crippen molar-refractivity contribution in [3.05, 3.63) is 35.9 Å². The van der Waals surface area contributed by atoms with E-state index in [1.165, 1.54) is 12.0 Å². The van der Waals surface area contributed by atoms with Gasteiger partial charge in [-0.3, -0.25) is 0 Å². The molecule has 0 spiro atoms. The van der Waals surface area contributed by atoms with Crippen molar-refractivity contribution in [3.8, 4) is 0 Å². The molecule has 0 aliphatic heterocycles. The summed E-state index contributed by atoms with van der Waals surface area (Å²) in [6.45, 7) is 7.40. The fourth-order valence-electron chi connectivity index (χ4n) is 1.82. The SMILES string of the molecule is COCCNCC(C)(C)CCc1ccccc1. The Labute approximate surface area is 105 Å². The minimum atomic E-state index is 0.337. The highest BCUT2D eigenvalue weighted by molar-refractivity contribution is 5.14. The quantitative estimate of drug-likeness (QED) is 0.700. The summed E-state index contributed by atoms with van der Waals surface area (Å²) in [5, 5.41) is 3.44. The molecule has 1 rings (SSSR count). The number of rotatable bonds is 8. The normalized spacial score (nSPS) is 11.7. The van der Waals surface area contributed by atoms with Crippen molar-refractivity contribution in [2.75, 3.05) is 26.8 Å². The molecule has 2 heteroatoms. The minimum absolute atomic E-state index is 0.337. The molecule has 1 aromatic carbocycles. The molecule has 0 amide bonds. The van der Waals surface area contributed by atoms with Gasteiger partial charge >= 0.3 is 0 Å². The Hall–Kier alpha value is -0.860. The third-order valence-electron chi connectivity index (χ3n) is 3.02. The van der Waals surface area contributed by atoms with E-state index < -0.39 is 0 Å². The Bertz CT molecular complexity index is 295. The van der Waals surface area contributed by atoms with Gasteiger partial charge in [0.2, 0.25) is 0 Å². The fourth-order valence-corrected chi connectivity index (χ4v) is 1.82. The molecule has 0 unspecified atom stereocenters. The van der Waals surface area contributed by atoms with Crippen LogP contribution in [0.1, 0.15) is 25.8 Å². The molecule has 0 fully saturated rings. The standard InChI is InChI=1S/C15H25NO/c1-15(2,13-16-11-12-17-3)10-9-14-7-5-4-6-8-14/h4-8,16H,9-13H2,1-3H3. The van der Waals surface area contributed by atoms with Crippen molar-refractivity contribution in [1.82, 2.24) is 5.32 Å². The number of methoxy groups -OCH3 is 1. The first-order valence-electron chi connectivity index (χ1n) is 6.38. The van der Waals surface area contributed by atoms with E-state index in [1.807, 2.05) is 0 Å². The van der Waals surface area contributed by atoms with Crippen molar-refractivity contribution in [3.63, 3.8) is 0 Å². The van der Waals surface area contributed by atoms with Crippen LogP contribution < -0.4 is 5.32 Å². The van der Waals surface area contributed by atoms with E-state index in [4.69, 9.17) is 4.74 Å². The summed E-state index contributed by atoms with van der Waals surface area (Å²) in [5.74, 6) is 0. The number of hydrogen-bond acceptors (Lipinski definition) is 2. The van der Waals surface area contributed by atoms with Crippen LogP contribution in [0, 0.1) is 5.41 Å². The molecule has 0 heterocycles. The molecule has 2 nitrogen and oxygen atoms in total. The Balaban J connectivity index is 2.24. The van der Waals surface area contributed by atoms with Crippen LogP contribution >= 0.6 is 0 Å². The molecule has 0 atom stereocenters. The van der Waals surface area contributed by atoms with Gasteiger partial charge in [0.25, 0.3) is 0 Å². The lowest BCUT2D eigenvalue weighted by molar-refractivity contribution is 0.193. The lowest BCUT2D eigenvalue weighted by Crippen LogP contribution is -2.31. The summed E-state index contributed by atoms with van der Waals surface area (Å²) in [6.07, 6.45) is 2.36. The molecule has 0 saturated heterocycles. The average Bonchev–Trinajstić information content (AvgIpc) is 2.34. The van der Waals surface area contributed by atoms with Crippen molar-refractivity contribution < 1.29 is 4.74 Å². The van der Waals surface area contributed by atoms with Gasteiger partial charge in [0.15, 0.2) is 0 Å². The van der Waals surface area contributed by atoms with E-state index in [1.54, 1.807) is 7.11 Å². The van der Waals surface area contributed by atoms with Crippen molar-refractivity contribution in [2.45, 2.75) is 26.7 Å². The van der Waals surface area contributed by atoms with Gasteiger partial charge in [0.05, 0.1) is 6.61 Å². The van der Waals surface area contributed by atoms with Crippen LogP contribution in [0.15, 0.2) is 30.3 Å². The van der Waals surface area contributed by atoms with Crippen LogP contribution in [0.4, 0.5) is 0 Å². The first kappa shape index (κ1) is 14.2. The maximum atomic E-state index is 5.02. The van der Waals surface area contributed by atoms with Crippen molar-refractivity contribution in [1.29, 1.82) is 0 Å². The summed E-state index contributed by atoms with van der Waals surface area (Å²) >= 11 is 0. The summed E-state index contributed by atoms with van der Waals surface area (Å²) in [5.41, 5.74) is 1.77. The van der Waals surface area contributed by atoms with Crippen molar-refractivity contribution in [2.24, 2.45) is 5.41 Å². The number of ether oxygens (including phenoxy) is 1. The molecule has 0 aromatic heterocycles. The van der Waals surface area contributed by atoms with Gasteiger partial charge in [-0.05, 0) is 23.8 Å². The highest BCUT2D eigenvalue weighted by Gasteiger charge is 2.16. The van der Waals surface area contributed by atoms with E-state index in [0.717, 1.165) is 26.1 Å². The zero-order chi connectivity index (χ0) is 12.6. The van der Waals surface area contributed by atoms with Gasteiger partial charge in [-0.1, -0.05) is 44.2 Å². The second kappa shape index (κ2) is 7.46.